The Bertz CT molecular complexity index is 499. The van der Waals surface area contributed by atoms with Gasteiger partial charge >= 0.3 is 0 Å². The van der Waals surface area contributed by atoms with Gasteiger partial charge in [0.1, 0.15) is 6.10 Å². The van der Waals surface area contributed by atoms with Gasteiger partial charge in [-0.15, -0.1) is 0 Å². The first-order valence-electron chi connectivity index (χ1n) is 6.94. The monoisotopic (exact) mass is 271 g/mol. The third-order valence-electron chi connectivity index (χ3n) is 3.05. The molecule has 0 saturated heterocycles. The largest absolute Gasteiger partial charge is 0.369 e. The molecule has 4 nitrogen and oxygen atoms in total. The number of nitrogens with one attached hydrogen (secondary N) is 1. The van der Waals surface area contributed by atoms with Gasteiger partial charge in [0.2, 0.25) is 0 Å². The molecular weight excluding hydrogens is 250 g/mol. The molecule has 2 aromatic rings. The SMILES string of the molecule is CCCNCc1cnc(C(OC)c2ccccc2)nc1. The van der Waals surface area contributed by atoms with Crippen molar-refractivity contribution in [3.63, 3.8) is 0 Å². The van der Waals surface area contributed by atoms with E-state index >= 15 is 0 Å². The second-order valence-corrected chi connectivity index (χ2v) is 4.65. The van der Waals surface area contributed by atoms with Gasteiger partial charge in [-0.25, -0.2) is 9.97 Å². The maximum atomic E-state index is 5.52. The van der Waals surface area contributed by atoms with Crippen molar-refractivity contribution in [3.8, 4) is 0 Å². The first kappa shape index (κ1) is 14.6. The first-order valence-corrected chi connectivity index (χ1v) is 6.94. The van der Waals surface area contributed by atoms with E-state index in [1.54, 1.807) is 7.11 Å². The molecule has 0 aliphatic heterocycles. The topological polar surface area (TPSA) is 47.0 Å². The smallest absolute Gasteiger partial charge is 0.161 e. The molecule has 0 fully saturated rings. The van der Waals surface area contributed by atoms with Crippen molar-refractivity contribution >= 4 is 0 Å². The quantitative estimate of drug-likeness (QED) is 0.787. The molecule has 1 heterocycles. The van der Waals surface area contributed by atoms with Crippen molar-refractivity contribution in [2.24, 2.45) is 0 Å². The summed E-state index contributed by atoms with van der Waals surface area (Å²) >= 11 is 0. The standard InChI is InChI=1S/C16H21N3O/c1-3-9-17-10-13-11-18-16(19-12-13)15(20-2)14-7-5-4-6-8-14/h4-8,11-12,15,17H,3,9-10H2,1-2H3. The van der Waals surface area contributed by atoms with E-state index in [-0.39, 0.29) is 6.10 Å². The lowest BCUT2D eigenvalue weighted by molar-refractivity contribution is 0.129. The number of aromatic nitrogens is 2. The Balaban J connectivity index is 2.08. The van der Waals surface area contributed by atoms with Crippen LogP contribution in [0.25, 0.3) is 0 Å². The minimum absolute atomic E-state index is 0.214. The van der Waals surface area contributed by atoms with E-state index in [1.165, 1.54) is 0 Å². The van der Waals surface area contributed by atoms with Crippen molar-refractivity contribution in [1.82, 2.24) is 15.3 Å². The molecule has 0 saturated carbocycles. The van der Waals surface area contributed by atoms with Crippen LogP contribution in [0.5, 0.6) is 0 Å². The molecule has 2 rings (SSSR count). The Morgan fingerprint density at radius 3 is 2.45 bits per heavy atom. The number of rotatable bonds is 7. The summed E-state index contributed by atoms with van der Waals surface area (Å²) in [4.78, 5) is 8.86. The molecule has 106 valence electrons. The van der Waals surface area contributed by atoms with Gasteiger partial charge in [0.25, 0.3) is 0 Å². The summed E-state index contributed by atoms with van der Waals surface area (Å²) in [6.45, 7) is 3.96. The van der Waals surface area contributed by atoms with E-state index in [9.17, 15) is 0 Å². The average Bonchev–Trinajstić information content (AvgIpc) is 2.51. The van der Waals surface area contributed by atoms with Crippen LogP contribution in [0.4, 0.5) is 0 Å². The van der Waals surface area contributed by atoms with Gasteiger partial charge in [0.15, 0.2) is 5.82 Å². The van der Waals surface area contributed by atoms with Crippen molar-refractivity contribution in [2.75, 3.05) is 13.7 Å². The molecule has 20 heavy (non-hydrogen) atoms. The highest BCUT2D eigenvalue weighted by Crippen LogP contribution is 2.21. The van der Waals surface area contributed by atoms with Gasteiger partial charge in [0, 0.05) is 31.6 Å². The van der Waals surface area contributed by atoms with E-state index < -0.39 is 0 Å². The number of nitrogens with zero attached hydrogens (tertiary/aromatic N) is 2. The van der Waals surface area contributed by atoms with Crippen LogP contribution in [0.2, 0.25) is 0 Å². The predicted octanol–water partition coefficient (Wildman–Crippen LogP) is 2.71. The highest BCUT2D eigenvalue weighted by Gasteiger charge is 2.15. The molecule has 1 atom stereocenters. The predicted molar refractivity (Wildman–Crippen MR) is 79.3 cm³/mol. The molecule has 1 aromatic heterocycles. The van der Waals surface area contributed by atoms with Gasteiger partial charge in [0.05, 0.1) is 0 Å². The second-order valence-electron chi connectivity index (χ2n) is 4.65. The Kier molecular flexibility index (Phi) is 5.65. The van der Waals surface area contributed by atoms with Gasteiger partial charge in [-0.2, -0.15) is 0 Å². The Morgan fingerprint density at radius 1 is 1.15 bits per heavy atom. The minimum atomic E-state index is -0.214. The molecule has 1 N–H and O–H groups in total. The van der Waals surface area contributed by atoms with Gasteiger partial charge in [-0.1, -0.05) is 37.3 Å². The molecule has 0 bridgehead atoms. The Hall–Kier alpha value is -1.78. The summed E-state index contributed by atoms with van der Waals surface area (Å²) in [6.07, 6.45) is 4.63. The van der Waals surface area contributed by atoms with Crippen LogP contribution in [0.3, 0.4) is 0 Å². The van der Waals surface area contributed by atoms with Crippen LogP contribution in [-0.4, -0.2) is 23.6 Å². The summed E-state index contributed by atoms with van der Waals surface area (Å²) in [7, 11) is 1.68. The highest BCUT2D eigenvalue weighted by molar-refractivity contribution is 5.23. The van der Waals surface area contributed by atoms with E-state index in [1.807, 2.05) is 42.7 Å². The van der Waals surface area contributed by atoms with Gasteiger partial charge in [-0.05, 0) is 18.5 Å². The molecule has 0 aliphatic carbocycles. The van der Waals surface area contributed by atoms with Crippen molar-refractivity contribution in [2.45, 2.75) is 26.0 Å². The second kappa shape index (κ2) is 7.72. The minimum Gasteiger partial charge on any atom is -0.369 e. The summed E-state index contributed by atoms with van der Waals surface area (Å²) < 4.78 is 5.52. The number of benzene rings is 1. The molecule has 1 aromatic carbocycles. The number of hydrogen-bond acceptors (Lipinski definition) is 4. The summed E-state index contributed by atoms with van der Waals surface area (Å²) in [5.74, 6) is 0.693. The zero-order chi connectivity index (χ0) is 14.2. The van der Waals surface area contributed by atoms with Crippen LogP contribution < -0.4 is 5.32 Å². The molecule has 0 amide bonds. The average molecular weight is 271 g/mol. The summed E-state index contributed by atoms with van der Waals surface area (Å²) in [5.41, 5.74) is 2.15. The molecule has 0 radical (unpaired) electrons. The lowest BCUT2D eigenvalue weighted by Crippen LogP contribution is -2.15. The summed E-state index contributed by atoms with van der Waals surface area (Å²) in [5, 5.41) is 3.33. The fraction of sp³-hybridized carbons (Fsp3) is 0.375. The van der Waals surface area contributed by atoms with Gasteiger partial charge in [-0.3, -0.25) is 0 Å². The number of hydrogen-bond donors (Lipinski definition) is 1. The zero-order valence-electron chi connectivity index (χ0n) is 12.0. The maximum absolute atomic E-state index is 5.52. The molecule has 0 aliphatic rings. The fourth-order valence-corrected chi connectivity index (χ4v) is 2.02. The third kappa shape index (κ3) is 3.85. The van der Waals surface area contributed by atoms with Crippen molar-refractivity contribution in [3.05, 3.63) is 59.7 Å². The van der Waals surface area contributed by atoms with Crippen molar-refractivity contribution < 1.29 is 4.74 Å². The normalized spacial score (nSPS) is 12.3. The van der Waals surface area contributed by atoms with Crippen LogP contribution >= 0.6 is 0 Å². The van der Waals surface area contributed by atoms with Gasteiger partial charge < -0.3 is 10.1 Å². The lowest BCUT2D eigenvalue weighted by atomic mass is 10.1. The van der Waals surface area contributed by atoms with Crippen LogP contribution in [0.15, 0.2) is 42.7 Å². The van der Waals surface area contributed by atoms with E-state index in [2.05, 4.69) is 22.2 Å². The van der Waals surface area contributed by atoms with Crippen molar-refractivity contribution in [1.29, 1.82) is 0 Å². The first-order chi connectivity index (χ1) is 9.85. The summed E-state index contributed by atoms with van der Waals surface area (Å²) in [6, 6.07) is 10.0. The van der Waals surface area contributed by atoms with E-state index in [0.29, 0.717) is 5.82 Å². The van der Waals surface area contributed by atoms with Crippen LogP contribution in [0, 0.1) is 0 Å². The fourth-order valence-electron chi connectivity index (χ4n) is 2.02. The van der Waals surface area contributed by atoms with Crippen LogP contribution in [0.1, 0.15) is 36.4 Å². The van der Waals surface area contributed by atoms with Crippen LogP contribution in [-0.2, 0) is 11.3 Å². The third-order valence-corrected chi connectivity index (χ3v) is 3.05. The lowest BCUT2D eigenvalue weighted by Gasteiger charge is -2.14. The Morgan fingerprint density at radius 2 is 1.85 bits per heavy atom. The number of ether oxygens (including phenoxy) is 1. The van der Waals surface area contributed by atoms with E-state index in [4.69, 9.17) is 4.74 Å². The Labute approximate surface area is 120 Å². The highest BCUT2D eigenvalue weighted by atomic mass is 16.5. The zero-order valence-corrected chi connectivity index (χ0v) is 12.0. The molecule has 4 heteroatoms. The maximum Gasteiger partial charge on any atom is 0.161 e. The van der Waals surface area contributed by atoms with E-state index in [0.717, 1.165) is 30.6 Å². The molecule has 1 unspecified atom stereocenters. The molecular formula is C16H21N3O. The number of methoxy groups -OCH3 is 1. The molecule has 0 spiro atoms.